The highest BCUT2D eigenvalue weighted by atomic mass is 19.1. The molecule has 0 unspecified atom stereocenters. The number of para-hydroxylation sites is 1. The van der Waals surface area contributed by atoms with E-state index in [1.165, 1.54) is 12.1 Å². The topological polar surface area (TPSA) is 92.3 Å². The normalized spacial score (nSPS) is 10.2. The van der Waals surface area contributed by atoms with Crippen molar-refractivity contribution < 1.29 is 19.0 Å². The van der Waals surface area contributed by atoms with Crippen LogP contribution in [-0.2, 0) is 6.42 Å². The Morgan fingerprint density at radius 3 is 2.80 bits per heavy atom. The van der Waals surface area contributed by atoms with Gasteiger partial charge < -0.3 is 14.8 Å². The van der Waals surface area contributed by atoms with Crippen molar-refractivity contribution in [2.24, 2.45) is 0 Å². The van der Waals surface area contributed by atoms with Crippen LogP contribution in [0.2, 0.25) is 0 Å². The van der Waals surface area contributed by atoms with Crippen molar-refractivity contribution in [3.05, 3.63) is 58.0 Å². The summed E-state index contributed by atoms with van der Waals surface area (Å²) in [6, 6.07) is 5.95. The van der Waals surface area contributed by atoms with Crippen molar-refractivity contribution >= 4 is 5.97 Å². The number of hydrogen-bond donors (Lipinski definition) is 2. The number of rotatable bonds is 5. The van der Waals surface area contributed by atoms with Crippen LogP contribution < -0.4 is 10.3 Å². The van der Waals surface area contributed by atoms with Crippen LogP contribution >= 0.6 is 0 Å². The number of aromatic nitrogens is 2. The summed E-state index contributed by atoms with van der Waals surface area (Å²) in [5, 5.41) is 8.69. The van der Waals surface area contributed by atoms with Crippen molar-refractivity contribution in [2.45, 2.75) is 6.42 Å². The van der Waals surface area contributed by atoms with E-state index >= 15 is 0 Å². The Morgan fingerprint density at radius 2 is 2.15 bits per heavy atom. The minimum absolute atomic E-state index is 0.107. The van der Waals surface area contributed by atoms with Crippen molar-refractivity contribution in [3.63, 3.8) is 0 Å². The molecule has 0 aliphatic carbocycles. The number of carboxylic acids is 1. The smallest absolute Gasteiger partial charge is 0.342 e. The molecular formula is C13H11FN2O4. The third-order valence-corrected chi connectivity index (χ3v) is 2.52. The summed E-state index contributed by atoms with van der Waals surface area (Å²) in [5.74, 6) is -1.43. The molecule has 0 fully saturated rings. The molecule has 20 heavy (non-hydrogen) atoms. The summed E-state index contributed by atoms with van der Waals surface area (Å²) in [7, 11) is 0. The molecule has 0 aliphatic rings. The molecule has 0 amide bonds. The number of benzene rings is 1. The predicted octanol–water partition coefficient (Wildman–Crippen LogP) is 1.23. The van der Waals surface area contributed by atoms with Crippen LogP contribution in [0.15, 0.2) is 35.3 Å². The monoisotopic (exact) mass is 278 g/mol. The van der Waals surface area contributed by atoms with Gasteiger partial charge in [0.05, 0.1) is 6.61 Å². The zero-order valence-corrected chi connectivity index (χ0v) is 10.3. The number of H-pyrrole nitrogens is 1. The van der Waals surface area contributed by atoms with Crippen LogP contribution in [0.1, 0.15) is 16.2 Å². The Hall–Kier alpha value is -2.70. The van der Waals surface area contributed by atoms with E-state index in [1.807, 2.05) is 0 Å². The molecule has 2 rings (SSSR count). The summed E-state index contributed by atoms with van der Waals surface area (Å²) in [6.45, 7) is 0.107. The molecule has 0 atom stereocenters. The molecular weight excluding hydrogens is 267 g/mol. The molecule has 0 spiro atoms. The first kappa shape index (κ1) is 13.7. The molecule has 6 nitrogen and oxygen atoms in total. The van der Waals surface area contributed by atoms with Gasteiger partial charge in [-0.05, 0) is 12.1 Å². The SMILES string of the molecule is O=C(O)c1cnc(CCOc2ccccc2F)[nH]c1=O. The highest BCUT2D eigenvalue weighted by Gasteiger charge is 2.10. The number of aromatic carboxylic acids is 1. The lowest BCUT2D eigenvalue weighted by Crippen LogP contribution is -2.21. The number of hydrogen-bond acceptors (Lipinski definition) is 4. The molecule has 0 saturated carbocycles. The first-order chi connectivity index (χ1) is 9.58. The minimum atomic E-state index is -1.34. The average molecular weight is 278 g/mol. The van der Waals surface area contributed by atoms with E-state index in [0.29, 0.717) is 0 Å². The van der Waals surface area contributed by atoms with Crippen LogP contribution in [0.25, 0.3) is 0 Å². The molecule has 0 bridgehead atoms. The number of aromatic amines is 1. The van der Waals surface area contributed by atoms with Gasteiger partial charge in [-0.15, -0.1) is 0 Å². The number of carbonyl (C=O) groups is 1. The molecule has 1 aromatic carbocycles. The van der Waals surface area contributed by atoms with Crippen molar-refractivity contribution in [2.75, 3.05) is 6.61 Å². The first-order valence-electron chi connectivity index (χ1n) is 5.77. The Balaban J connectivity index is 1.98. The van der Waals surface area contributed by atoms with Gasteiger partial charge in [-0.25, -0.2) is 14.2 Å². The van der Waals surface area contributed by atoms with E-state index in [-0.39, 0.29) is 24.6 Å². The summed E-state index contributed by atoms with van der Waals surface area (Å²) in [4.78, 5) is 28.2. The van der Waals surface area contributed by atoms with Crippen molar-refractivity contribution in [1.82, 2.24) is 9.97 Å². The van der Waals surface area contributed by atoms with Gasteiger partial charge in [0.15, 0.2) is 11.6 Å². The molecule has 0 radical (unpaired) electrons. The van der Waals surface area contributed by atoms with E-state index in [9.17, 15) is 14.0 Å². The van der Waals surface area contributed by atoms with Crippen LogP contribution in [-0.4, -0.2) is 27.7 Å². The molecule has 2 N–H and O–H groups in total. The number of nitrogens with zero attached hydrogens (tertiary/aromatic N) is 1. The lowest BCUT2D eigenvalue weighted by atomic mass is 10.3. The largest absolute Gasteiger partial charge is 0.490 e. The maximum atomic E-state index is 13.3. The molecule has 1 aromatic heterocycles. The van der Waals surface area contributed by atoms with E-state index < -0.39 is 22.9 Å². The number of carboxylic acid groups (broad SMARTS) is 1. The Bertz CT molecular complexity index is 684. The maximum Gasteiger partial charge on any atom is 0.342 e. The van der Waals surface area contributed by atoms with Crippen LogP contribution in [0, 0.1) is 5.82 Å². The third-order valence-electron chi connectivity index (χ3n) is 2.52. The second-order valence-electron chi connectivity index (χ2n) is 3.91. The van der Waals surface area contributed by atoms with E-state index in [0.717, 1.165) is 6.20 Å². The number of ether oxygens (including phenoxy) is 1. The predicted molar refractivity (Wildman–Crippen MR) is 67.4 cm³/mol. The summed E-state index contributed by atoms with van der Waals surface area (Å²) < 4.78 is 18.5. The minimum Gasteiger partial charge on any atom is -0.490 e. The lowest BCUT2D eigenvalue weighted by molar-refractivity contribution is 0.0694. The Kier molecular flexibility index (Phi) is 4.09. The van der Waals surface area contributed by atoms with Crippen LogP contribution in [0.3, 0.4) is 0 Å². The van der Waals surface area contributed by atoms with Crippen molar-refractivity contribution in [3.8, 4) is 5.75 Å². The van der Waals surface area contributed by atoms with E-state index in [4.69, 9.17) is 9.84 Å². The Morgan fingerprint density at radius 1 is 1.40 bits per heavy atom. The quantitative estimate of drug-likeness (QED) is 0.858. The fourth-order valence-corrected chi connectivity index (χ4v) is 1.53. The molecule has 2 aromatic rings. The van der Waals surface area contributed by atoms with Gasteiger partial charge in [-0.3, -0.25) is 4.79 Å². The third kappa shape index (κ3) is 3.19. The van der Waals surface area contributed by atoms with Crippen LogP contribution in [0.5, 0.6) is 5.75 Å². The van der Waals surface area contributed by atoms with Gasteiger partial charge >= 0.3 is 5.97 Å². The van der Waals surface area contributed by atoms with Gasteiger partial charge in [0, 0.05) is 12.6 Å². The number of nitrogens with one attached hydrogen (secondary N) is 1. The molecule has 0 aliphatic heterocycles. The zero-order chi connectivity index (χ0) is 14.5. The standard InChI is InChI=1S/C13H11FN2O4/c14-9-3-1-2-4-10(9)20-6-5-11-15-7-8(13(18)19)12(17)16-11/h1-4,7H,5-6H2,(H,18,19)(H,15,16,17). The van der Waals surface area contributed by atoms with Gasteiger partial charge in [0.1, 0.15) is 11.4 Å². The zero-order valence-electron chi connectivity index (χ0n) is 10.3. The van der Waals surface area contributed by atoms with Gasteiger partial charge in [0.25, 0.3) is 5.56 Å². The second kappa shape index (κ2) is 5.96. The maximum absolute atomic E-state index is 13.3. The highest BCUT2D eigenvalue weighted by Crippen LogP contribution is 2.15. The Labute approximate surface area is 112 Å². The molecule has 0 saturated heterocycles. The van der Waals surface area contributed by atoms with E-state index in [2.05, 4.69) is 9.97 Å². The van der Waals surface area contributed by atoms with Gasteiger partial charge in [-0.1, -0.05) is 12.1 Å². The summed E-state index contributed by atoms with van der Waals surface area (Å²) >= 11 is 0. The average Bonchev–Trinajstić information content (AvgIpc) is 2.40. The van der Waals surface area contributed by atoms with E-state index in [1.54, 1.807) is 12.1 Å². The fraction of sp³-hybridized carbons (Fsp3) is 0.154. The number of halogens is 1. The van der Waals surface area contributed by atoms with Gasteiger partial charge in [0.2, 0.25) is 0 Å². The molecule has 7 heteroatoms. The molecule has 104 valence electrons. The highest BCUT2D eigenvalue weighted by molar-refractivity contribution is 5.86. The summed E-state index contributed by atoms with van der Waals surface area (Å²) in [6.07, 6.45) is 1.21. The first-order valence-corrected chi connectivity index (χ1v) is 5.77. The van der Waals surface area contributed by atoms with Crippen molar-refractivity contribution in [1.29, 1.82) is 0 Å². The lowest BCUT2D eigenvalue weighted by Gasteiger charge is -2.06. The van der Waals surface area contributed by atoms with Gasteiger partial charge in [-0.2, -0.15) is 0 Å². The molecule has 1 heterocycles. The van der Waals surface area contributed by atoms with Crippen LogP contribution in [0.4, 0.5) is 4.39 Å². The fourth-order valence-electron chi connectivity index (χ4n) is 1.53. The summed E-state index contributed by atoms with van der Waals surface area (Å²) in [5.41, 5.74) is -1.16. The second-order valence-corrected chi connectivity index (χ2v) is 3.91.